The van der Waals surface area contributed by atoms with Crippen molar-refractivity contribution >= 4 is 84.8 Å². The largest absolute Gasteiger partial charge is 0.308 e. The zero-order chi connectivity index (χ0) is 33.5. The van der Waals surface area contributed by atoms with Crippen LogP contribution < -0.4 is 0 Å². The molecule has 1 nitrogen and oxygen atoms in total. The predicted molar refractivity (Wildman–Crippen MR) is 223 cm³/mol. The second kappa shape index (κ2) is 11.3. The molecule has 238 valence electrons. The van der Waals surface area contributed by atoms with Gasteiger partial charge >= 0.3 is 0 Å². The van der Waals surface area contributed by atoms with E-state index in [0.29, 0.717) is 0 Å². The molecule has 51 heavy (non-hydrogen) atoms. The fraction of sp³-hybridized carbons (Fsp3) is 0. The lowest BCUT2D eigenvalue weighted by Gasteiger charge is -2.11. The molecule has 0 saturated heterocycles. The van der Waals surface area contributed by atoms with Crippen LogP contribution >= 0.6 is 22.7 Å². The van der Waals surface area contributed by atoms with Gasteiger partial charge < -0.3 is 4.57 Å². The average Bonchev–Trinajstić information content (AvgIpc) is 3.88. The first-order valence-corrected chi connectivity index (χ1v) is 19.0. The van der Waals surface area contributed by atoms with Gasteiger partial charge in [-0.25, -0.2) is 0 Å². The number of hydrogen-bond acceptors (Lipinski definition) is 2. The molecule has 0 radical (unpaired) electrons. The quantitative estimate of drug-likeness (QED) is 0.174. The molecular formula is C48H29NS2. The van der Waals surface area contributed by atoms with Crippen LogP contribution in [0.3, 0.4) is 0 Å². The van der Waals surface area contributed by atoms with Crippen molar-refractivity contribution in [3.8, 4) is 39.1 Å². The molecule has 8 aromatic carbocycles. The lowest BCUT2D eigenvalue weighted by Crippen LogP contribution is -1.94. The van der Waals surface area contributed by atoms with E-state index in [9.17, 15) is 0 Å². The molecule has 11 aromatic rings. The molecule has 0 amide bonds. The van der Waals surface area contributed by atoms with Crippen LogP contribution in [0, 0.1) is 0 Å². The first kappa shape index (κ1) is 28.8. The Morgan fingerprint density at radius 3 is 1.49 bits per heavy atom. The lowest BCUT2D eigenvalue weighted by molar-refractivity contribution is 1.20. The molecule has 3 aromatic heterocycles. The van der Waals surface area contributed by atoms with Gasteiger partial charge in [-0.05, 0) is 81.9 Å². The third kappa shape index (κ3) is 4.39. The Balaban J connectivity index is 1.19. The van der Waals surface area contributed by atoms with Crippen LogP contribution in [-0.4, -0.2) is 4.57 Å². The second-order valence-electron chi connectivity index (χ2n) is 13.2. The first-order valence-electron chi connectivity index (χ1n) is 17.3. The molecule has 0 unspecified atom stereocenters. The smallest absolute Gasteiger partial charge is 0.0640 e. The maximum Gasteiger partial charge on any atom is 0.0640 e. The minimum atomic E-state index is 1.22. The Hall–Kier alpha value is -6.00. The topological polar surface area (TPSA) is 4.93 Å². The van der Waals surface area contributed by atoms with Gasteiger partial charge in [0.1, 0.15) is 0 Å². The lowest BCUT2D eigenvalue weighted by atomic mass is 9.95. The Morgan fingerprint density at radius 2 is 0.843 bits per heavy atom. The highest BCUT2D eigenvalue weighted by Crippen LogP contribution is 2.47. The Labute approximate surface area is 302 Å². The Morgan fingerprint density at radius 1 is 0.333 bits per heavy atom. The van der Waals surface area contributed by atoms with Gasteiger partial charge in [0.25, 0.3) is 0 Å². The van der Waals surface area contributed by atoms with Crippen LogP contribution in [0.4, 0.5) is 0 Å². The SMILES string of the molecule is c1ccc(-c2ccc3c(c2)c2cc(-c4ccccc4)ccc2n3-c2cccc3c2sc2cccc(-c4cccc5sc6ccccc6c45)c23)cc1. The molecule has 0 saturated carbocycles. The summed E-state index contributed by atoms with van der Waals surface area (Å²) in [5, 5.41) is 7.85. The molecule has 0 bridgehead atoms. The monoisotopic (exact) mass is 683 g/mol. The molecule has 0 spiro atoms. The summed E-state index contributed by atoms with van der Waals surface area (Å²) in [6, 6.07) is 64.7. The summed E-state index contributed by atoms with van der Waals surface area (Å²) in [5.41, 5.74) is 11.2. The van der Waals surface area contributed by atoms with Gasteiger partial charge in [-0.2, -0.15) is 0 Å². The van der Waals surface area contributed by atoms with E-state index in [4.69, 9.17) is 0 Å². The summed E-state index contributed by atoms with van der Waals surface area (Å²) in [5.74, 6) is 0. The summed E-state index contributed by atoms with van der Waals surface area (Å²) in [6.07, 6.45) is 0. The van der Waals surface area contributed by atoms with Crippen molar-refractivity contribution in [2.75, 3.05) is 0 Å². The first-order chi connectivity index (χ1) is 25.3. The van der Waals surface area contributed by atoms with E-state index in [1.165, 1.54) is 101 Å². The second-order valence-corrected chi connectivity index (χ2v) is 15.4. The molecule has 0 aliphatic carbocycles. The molecule has 3 heterocycles. The maximum atomic E-state index is 2.50. The molecule has 0 aliphatic rings. The van der Waals surface area contributed by atoms with Gasteiger partial charge in [0.2, 0.25) is 0 Å². The van der Waals surface area contributed by atoms with E-state index in [2.05, 4.69) is 180 Å². The van der Waals surface area contributed by atoms with Crippen LogP contribution in [0.25, 0.3) is 101 Å². The van der Waals surface area contributed by atoms with Crippen LogP contribution in [0.15, 0.2) is 176 Å². The highest BCUT2D eigenvalue weighted by Gasteiger charge is 2.20. The molecule has 0 fully saturated rings. The predicted octanol–water partition coefficient (Wildman–Crippen LogP) is 14.5. The van der Waals surface area contributed by atoms with Gasteiger partial charge in [0, 0.05) is 46.4 Å². The Bertz CT molecular complexity index is 3030. The van der Waals surface area contributed by atoms with E-state index in [0.717, 1.165) is 0 Å². The zero-order valence-electron chi connectivity index (χ0n) is 27.5. The van der Waals surface area contributed by atoms with Gasteiger partial charge in [-0.1, -0.05) is 127 Å². The van der Waals surface area contributed by atoms with Gasteiger partial charge in [-0.3, -0.25) is 0 Å². The van der Waals surface area contributed by atoms with Crippen molar-refractivity contribution in [3.63, 3.8) is 0 Å². The standard InChI is InChI=1S/C48H29NS2/c1-3-12-30(13-4-1)32-24-26-40-38(28-32)39-29-33(31-14-5-2-6-15-31)25-27-41(39)49(40)42-20-9-19-37-47-35(18-11-23-45(47)51-48(37)42)34-17-10-22-44-46(34)36-16-7-8-21-43(36)50-44/h1-29H. The van der Waals surface area contributed by atoms with Gasteiger partial charge in [0.15, 0.2) is 0 Å². The third-order valence-electron chi connectivity index (χ3n) is 10.4. The van der Waals surface area contributed by atoms with Gasteiger partial charge in [0.05, 0.1) is 21.4 Å². The number of nitrogens with zero attached hydrogens (tertiary/aromatic N) is 1. The minimum Gasteiger partial charge on any atom is -0.308 e. The number of thiophene rings is 2. The number of rotatable bonds is 4. The molecule has 0 N–H and O–H groups in total. The molecule has 0 atom stereocenters. The van der Waals surface area contributed by atoms with Crippen molar-refractivity contribution in [1.82, 2.24) is 4.57 Å². The number of benzene rings is 8. The summed E-state index contributed by atoms with van der Waals surface area (Å²) in [4.78, 5) is 0. The summed E-state index contributed by atoms with van der Waals surface area (Å²) in [7, 11) is 0. The number of aromatic nitrogens is 1. The van der Waals surface area contributed by atoms with Crippen molar-refractivity contribution in [2.24, 2.45) is 0 Å². The Kier molecular flexibility index (Phi) is 6.36. The number of hydrogen-bond donors (Lipinski definition) is 0. The van der Waals surface area contributed by atoms with Crippen LogP contribution in [0.2, 0.25) is 0 Å². The van der Waals surface area contributed by atoms with Crippen molar-refractivity contribution in [1.29, 1.82) is 0 Å². The summed E-state index contributed by atoms with van der Waals surface area (Å²) in [6.45, 7) is 0. The maximum absolute atomic E-state index is 2.50. The van der Waals surface area contributed by atoms with E-state index in [1.54, 1.807) is 0 Å². The fourth-order valence-corrected chi connectivity index (χ4v) is 10.5. The van der Waals surface area contributed by atoms with Crippen LogP contribution in [-0.2, 0) is 0 Å². The minimum absolute atomic E-state index is 1.22. The van der Waals surface area contributed by atoms with Crippen LogP contribution in [0.1, 0.15) is 0 Å². The zero-order valence-corrected chi connectivity index (χ0v) is 29.1. The normalized spacial score (nSPS) is 11.9. The highest BCUT2D eigenvalue weighted by atomic mass is 32.1. The summed E-state index contributed by atoms with van der Waals surface area (Å²) < 4.78 is 7.78. The van der Waals surface area contributed by atoms with Gasteiger partial charge in [-0.15, -0.1) is 22.7 Å². The molecule has 0 aliphatic heterocycles. The molecule has 11 rings (SSSR count). The van der Waals surface area contributed by atoms with Crippen molar-refractivity contribution in [3.05, 3.63) is 176 Å². The number of fused-ring (bicyclic) bond motifs is 9. The van der Waals surface area contributed by atoms with Crippen molar-refractivity contribution < 1.29 is 0 Å². The third-order valence-corrected chi connectivity index (χ3v) is 12.7. The van der Waals surface area contributed by atoms with E-state index in [1.807, 2.05) is 22.7 Å². The molecular weight excluding hydrogens is 655 g/mol. The van der Waals surface area contributed by atoms with E-state index >= 15 is 0 Å². The van der Waals surface area contributed by atoms with Crippen molar-refractivity contribution in [2.45, 2.75) is 0 Å². The van der Waals surface area contributed by atoms with E-state index < -0.39 is 0 Å². The average molecular weight is 684 g/mol. The molecule has 3 heteroatoms. The van der Waals surface area contributed by atoms with Crippen LogP contribution in [0.5, 0.6) is 0 Å². The summed E-state index contributed by atoms with van der Waals surface area (Å²) >= 11 is 3.79. The van der Waals surface area contributed by atoms with E-state index in [-0.39, 0.29) is 0 Å². The fourth-order valence-electron chi connectivity index (χ4n) is 8.14. The highest BCUT2D eigenvalue weighted by molar-refractivity contribution is 7.26.